The van der Waals surface area contributed by atoms with Crippen molar-refractivity contribution in [2.75, 3.05) is 9.80 Å². The molecule has 0 N–H and O–H groups in total. The van der Waals surface area contributed by atoms with E-state index < -0.39 is 0 Å². The number of anilines is 2. The van der Waals surface area contributed by atoms with E-state index in [1.807, 2.05) is 0 Å². The van der Waals surface area contributed by atoms with Crippen LogP contribution >= 0.6 is 0 Å². The normalized spacial score (nSPS) is 35.7. The maximum Gasteiger partial charge on any atom is 0.238 e. The van der Waals surface area contributed by atoms with Gasteiger partial charge in [-0.05, 0) is 60.8 Å². The highest BCUT2D eigenvalue weighted by Crippen LogP contribution is 2.54. The molecule has 2 aliphatic heterocycles. The summed E-state index contributed by atoms with van der Waals surface area (Å²) in [6.45, 7) is 0. The van der Waals surface area contributed by atoms with Gasteiger partial charge in [0, 0.05) is 11.1 Å². The predicted molar refractivity (Wildman–Crippen MR) is 137 cm³/mol. The number of amides is 4. The summed E-state index contributed by atoms with van der Waals surface area (Å²) in [5.74, 6) is -1.87. The summed E-state index contributed by atoms with van der Waals surface area (Å²) in [5, 5.41) is 0. The standard InChI is InChI=1S/C31H24N2O5/c34-27(19-3-1-5-21(13-19)32-28(35)23-15-7-8-16(11-15)24(23)29(32)36)20-4-2-6-22(14-20)33-30(37)25-17-9-10-18(12-17)26(25)31(33)38/h1-10,13-18,23-26H,11-12H2/t15-,16+,17-,18+,23-,24-,25-,26+/m0/s1. The van der Waals surface area contributed by atoms with Crippen molar-refractivity contribution in [2.24, 2.45) is 47.3 Å². The van der Waals surface area contributed by atoms with Gasteiger partial charge in [-0.3, -0.25) is 24.0 Å². The molecule has 2 aromatic rings. The number of allylic oxidation sites excluding steroid dienone is 4. The first kappa shape index (κ1) is 21.9. The van der Waals surface area contributed by atoms with Crippen molar-refractivity contribution in [3.63, 3.8) is 0 Å². The Kier molecular flexibility index (Phi) is 4.30. The van der Waals surface area contributed by atoms with E-state index in [4.69, 9.17) is 0 Å². The van der Waals surface area contributed by atoms with Crippen LogP contribution in [0.3, 0.4) is 0 Å². The van der Waals surface area contributed by atoms with Gasteiger partial charge in [-0.25, -0.2) is 9.80 Å². The van der Waals surface area contributed by atoms with Gasteiger partial charge < -0.3 is 0 Å². The lowest BCUT2D eigenvalue weighted by atomic mass is 9.85. The van der Waals surface area contributed by atoms with E-state index in [-0.39, 0.29) is 76.8 Å². The topological polar surface area (TPSA) is 91.8 Å². The summed E-state index contributed by atoms with van der Waals surface area (Å²) >= 11 is 0. The number of rotatable bonds is 4. The van der Waals surface area contributed by atoms with Gasteiger partial charge in [-0.2, -0.15) is 0 Å². The lowest BCUT2D eigenvalue weighted by molar-refractivity contribution is -0.124. The molecule has 0 spiro atoms. The SMILES string of the molecule is O=C(c1cccc(N2C(=O)[C@@H]3[C@@H](C2=O)[C@H]2C=C[C@@H]3C2)c1)c1cccc(N2C(=O)[C@@H]3[C@H](C2=O)[C@@H]2C=C[C@H]3C2)c1. The number of nitrogens with zero attached hydrogens (tertiary/aromatic N) is 2. The van der Waals surface area contributed by atoms with Gasteiger partial charge in [-0.15, -0.1) is 0 Å². The Morgan fingerprint density at radius 1 is 0.553 bits per heavy atom. The molecule has 8 rings (SSSR count). The van der Waals surface area contributed by atoms with Gasteiger partial charge in [0.2, 0.25) is 23.6 Å². The van der Waals surface area contributed by atoms with E-state index in [1.165, 1.54) is 9.80 Å². The number of benzene rings is 2. The fraction of sp³-hybridized carbons (Fsp3) is 0.323. The van der Waals surface area contributed by atoms with Crippen LogP contribution < -0.4 is 9.80 Å². The number of fused-ring (bicyclic) bond motifs is 10. The molecule has 2 saturated carbocycles. The highest BCUT2D eigenvalue weighted by atomic mass is 16.2. The van der Waals surface area contributed by atoms with Gasteiger partial charge >= 0.3 is 0 Å². The van der Waals surface area contributed by atoms with E-state index in [2.05, 4.69) is 24.3 Å². The van der Waals surface area contributed by atoms with Gasteiger partial charge in [0.15, 0.2) is 5.78 Å². The van der Waals surface area contributed by atoms with Crippen LogP contribution in [0.4, 0.5) is 11.4 Å². The molecule has 4 amide bonds. The molecular formula is C31H24N2O5. The smallest absolute Gasteiger partial charge is 0.238 e. The van der Waals surface area contributed by atoms with E-state index >= 15 is 0 Å². The highest BCUT2D eigenvalue weighted by Gasteiger charge is 2.60. The average Bonchev–Trinajstić information content (AvgIpc) is 3.77. The van der Waals surface area contributed by atoms with Crippen molar-refractivity contribution < 1.29 is 24.0 Å². The monoisotopic (exact) mass is 504 g/mol. The Hall–Kier alpha value is -4.13. The van der Waals surface area contributed by atoms with Crippen LogP contribution in [0, 0.1) is 47.3 Å². The molecule has 0 unspecified atom stereocenters. The number of ketones is 1. The van der Waals surface area contributed by atoms with Crippen molar-refractivity contribution in [1.82, 2.24) is 0 Å². The fourth-order valence-corrected chi connectivity index (χ4v) is 8.05. The molecule has 2 aromatic carbocycles. The Bertz CT molecular complexity index is 1380. The molecule has 4 bridgehead atoms. The lowest BCUT2D eigenvalue weighted by Crippen LogP contribution is -2.33. The zero-order chi connectivity index (χ0) is 25.9. The van der Waals surface area contributed by atoms with Crippen LogP contribution in [0.25, 0.3) is 0 Å². The molecule has 188 valence electrons. The zero-order valence-corrected chi connectivity index (χ0v) is 20.4. The Morgan fingerprint density at radius 2 is 0.895 bits per heavy atom. The third-order valence-electron chi connectivity index (χ3n) is 9.67. The number of imide groups is 2. The van der Waals surface area contributed by atoms with E-state index in [0.29, 0.717) is 22.5 Å². The number of hydrogen-bond acceptors (Lipinski definition) is 5. The zero-order valence-electron chi connectivity index (χ0n) is 20.4. The first-order valence-corrected chi connectivity index (χ1v) is 13.3. The summed E-state index contributed by atoms with van der Waals surface area (Å²) < 4.78 is 0. The van der Waals surface area contributed by atoms with Crippen molar-refractivity contribution in [3.05, 3.63) is 84.0 Å². The highest BCUT2D eigenvalue weighted by molar-refractivity contribution is 6.24. The molecular weight excluding hydrogens is 480 g/mol. The second kappa shape index (κ2) is 7.47. The van der Waals surface area contributed by atoms with Gasteiger partial charge in [0.1, 0.15) is 0 Å². The van der Waals surface area contributed by atoms with Gasteiger partial charge in [0.05, 0.1) is 35.0 Å². The number of hydrogen-bond donors (Lipinski definition) is 0. The molecule has 0 radical (unpaired) electrons. The maximum atomic E-state index is 13.5. The molecule has 4 fully saturated rings. The minimum Gasteiger partial charge on any atom is -0.289 e. The number of carbonyl (C=O) groups is 5. The van der Waals surface area contributed by atoms with Crippen LogP contribution in [-0.2, 0) is 19.2 Å². The molecule has 4 aliphatic carbocycles. The van der Waals surface area contributed by atoms with E-state index in [1.54, 1.807) is 48.5 Å². The minimum absolute atomic E-state index is 0.112. The van der Waals surface area contributed by atoms with Crippen molar-refractivity contribution in [3.8, 4) is 0 Å². The largest absolute Gasteiger partial charge is 0.289 e. The summed E-state index contributed by atoms with van der Waals surface area (Å²) in [5.41, 5.74) is 1.46. The van der Waals surface area contributed by atoms with Crippen LogP contribution in [0.2, 0.25) is 0 Å². The van der Waals surface area contributed by atoms with Gasteiger partial charge in [0.25, 0.3) is 0 Å². The average molecular weight is 505 g/mol. The van der Waals surface area contributed by atoms with Crippen LogP contribution in [-0.4, -0.2) is 29.4 Å². The van der Waals surface area contributed by atoms with Gasteiger partial charge in [-0.1, -0.05) is 48.6 Å². The molecule has 6 aliphatic rings. The molecule has 0 aromatic heterocycles. The summed E-state index contributed by atoms with van der Waals surface area (Å²) in [7, 11) is 0. The molecule has 2 heterocycles. The molecule has 38 heavy (non-hydrogen) atoms. The summed E-state index contributed by atoms with van der Waals surface area (Å²) in [6.07, 6.45) is 9.93. The van der Waals surface area contributed by atoms with Crippen molar-refractivity contribution >= 4 is 40.8 Å². The molecule has 8 atom stereocenters. The summed E-state index contributed by atoms with van der Waals surface area (Å²) in [4.78, 5) is 69.0. The molecule has 7 nitrogen and oxygen atoms in total. The third-order valence-corrected chi connectivity index (χ3v) is 9.67. The quantitative estimate of drug-likeness (QED) is 0.361. The van der Waals surface area contributed by atoms with E-state index in [9.17, 15) is 24.0 Å². The maximum absolute atomic E-state index is 13.5. The van der Waals surface area contributed by atoms with Crippen LogP contribution in [0.1, 0.15) is 28.8 Å². The first-order valence-electron chi connectivity index (χ1n) is 13.3. The second-order valence-electron chi connectivity index (χ2n) is 11.5. The minimum atomic E-state index is -0.311. The Labute approximate surface area is 218 Å². The van der Waals surface area contributed by atoms with Crippen LogP contribution in [0.5, 0.6) is 0 Å². The van der Waals surface area contributed by atoms with Crippen molar-refractivity contribution in [2.45, 2.75) is 12.8 Å². The Morgan fingerprint density at radius 3 is 1.24 bits per heavy atom. The first-order chi connectivity index (χ1) is 18.4. The second-order valence-corrected chi connectivity index (χ2v) is 11.5. The van der Waals surface area contributed by atoms with Crippen LogP contribution in [0.15, 0.2) is 72.8 Å². The van der Waals surface area contributed by atoms with Crippen molar-refractivity contribution in [1.29, 1.82) is 0 Å². The number of carbonyl (C=O) groups excluding carboxylic acids is 5. The Balaban J connectivity index is 1.08. The molecule has 7 heteroatoms. The fourth-order valence-electron chi connectivity index (χ4n) is 8.05. The third kappa shape index (κ3) is 2.71. The van der Waals surface area contributed by atoms with E-state index in [0.717, 1.165) is 12.8 Å². The summed E-state index contributed by atoms with van der Waals surface area (Å²) in [6, 6.07) is 13.2. The molecule has 2 saturated heterocycles. The lowest BCUT2D eigenvalue weighted by Gasteiger charge is -2.19. The predicted octanol–water partition coefficient (Wildman–Crippen LogP) is 3.54.